The van der Waals surface area contributed by atoms with Crippen molar-refractivity contribution in [1.29, 1.82) is 0 Å². The minimum absolute atomic E-state index is 0.0924. The summed E-state index contributed by atoms with van der Waals surface area (Å²) in [6.45, 7) is 3.16. The first-order chi connectivity index (χ1) is 11.0. The molecule has 0 amide bonds. The lowest BCUT2D eigenvalue weighted by atomic mass is 9.44. The second-order valence-corrected chi connectivity index (χ2v) is 9.35. The lowest BCUT2D eigenvalue weighted by Crippen LogP contribution is -2.55. The van der Waals surface area contributed by atoms with Crippen molar-refractivity contribution in [2.24, 2.45) is 46.2 Å². The predicted molar refractivity (Wildman–Crippen MR) is 90.9 cm³/mol. The van der Waals surface area contributed by atoms with Gasteiger partial charge in [-0.2, -0.15) is 0 Å². The molecular formula is C20H33NO2. The number of carboxylic acid groups (broad SMARTS) is 1. The van der Waals surface area contributed by atoms with Crippen molar-refractivity contribution >= 4 is 5.97 Å². The van der Waals surface area contributed by atoms with Gasteiger partial charge in [-0.05, 0) is 92.4 Å². The number of nitrogens with two attached hydrogens (primary N) is 1. The van der Waals surface area contributed by atoms with E-state index < -0.39 is 5.97 Å². The maximum Gasteiger partial charge on any atom is 0.307 e. The largest absolute Gasteiger partial charge is 0.481 e. The topological polar surface area (TPSA) is 63.3 Å². The summed E-state index contributed by atoms with van der Waals surface area (Å²) in [5.41, 5.74) is 6.67. The number of carbonyl (C=O) groups is 1. The average Bonchev–Trinajstić information content (AvgIpc) is 2.94. The van der Waals surface area contributed by atoms with Gasteiger partial charge in [-0.1, -0.05) is 19.8 Å². The standard InChI is InChI=1S/C20H33NO2/c1-19-10-3-2-4-13(19)5-6-14-15(19)9-11-20(12-21)16(14)7-8-17(20)18(22)23/h13-17H,2-12,21H2,1H3,(H,22,23)/t13?,14-,15+,16+,17?,19+,20-/m1/s1. The number of fused-ring (bicyclic) bond motifs is 5. The molecule has 2 unspecified atom stereocenters. The molecule has 3 nitrogen and oxygen atoms in total. The highest BCUT2D eigenvalue weighted by atomic mass is 16.4. The zero-order chi connectivity index (χ0) is 16.2. The molecule has 4 saturated carbocycles. The molecule has 0 spiro atoms. The highest BCUT2D eigenvalue weighted by molar-refractivity contribution is 5.71. The molecule has 0 saturated heterocycles. The molecule has 0 aromatic rings. The summed E-state index contributed by atoms with van der Waals surface area (Å²) < 4.78 is 0. The summed E-state index contributed by atoms with van der Waals surface area (Å²) in [4.78, 5) is 11.8. The SMILES string of the molecule is C[C@]12CCCCC1CC[C@H]1[C@@H]3CCC(C(=O)O)[C@@]3(CN)CC[C@@H]12. The second-order valence-electron chi connectivity index (χ2n) is 9.35. The Labute approximate surface area is 140 Å². The molecule has 3 N–H and O–H groups in total. The first-order valence-corrected chi connectivity index (χ1v) is 9.96. The molecular weight excluding hydrogens is 286 g/mol. The van der Waals surface area contributed by atoms with E-state index in [0.717, 1.165) is 37.0 Å². The summed E-state index contributed by atoms with van der Waals surface area (Å²) >= 11 is 0. The number of hydrogen-bond acceptors (Lipinski definition) is 2. The molecule has 0 aromatic carbocycles. The smallest absolute Gasteiger partial charge is 0.307 e. The molecule has 4 aliphatic carbocycles. The lowest BCUT2D eigenvalue weighted by molar-refractivity contribution is -0.153. The van der Waals surface area contributed by atoms with E-state index in [2.05, 4.69) is 6.92 Å². The third kappa shape index (κ3) is 2.08. The summed E-state index contributed by atoms with van der Waals surface area (Å²) in [6, 6.07) is 0. The minimum Gasteiger partial charge on any atom is -0.481 e. The third-order valence-electron chi connectivity index (χ3n) is 8.98. The Morgan fingerprint density at radius 3 is 2.61 bits per heavy atom. The van der Waals surface area contributed by atoms with Crippen molar-refractivity contribution in [3.05, 3.63) is 0 Å². The van der Waals surface area contributed by atoms with Gasteiger partial charge in [0.15, 0.2) is 0 Å². The van der Waals surface area contributed by atoms with Crippen LogP contribution >= 0.6 is 0 Å². The molecule has 0 radical (unpaired) electrons. The van der Waals surface area contributed by atoms with E-state index in [4.69, 9.17) is 5.73 Å². The Hall–Kier alpha value is -0.570. The maximum absolute atomic E-state index is 11.8. The average molecular weight is 319 g/mol. The van der Waals surface area contributed by atoms with Crippen molar-refractivity contribution in [1.82, 2.24) is 0 Å². The Kier molecular flexibility index (Phi) is 3.79. The molecule has 0 aromatic heterocycles. The maximum atomic E-state index is 11.8. The fraction of sp³-hybridized carbons (Fsp3) is 0.950. The zero-order valence-electron chi connectivity index (χ0n) is 14.6. The molecule has 130 valence electrons. The van der Waals surface area contributed by atoms with Gasteiger partial charge in [-0.3, -0.25) is 4.79 Å². The summed E-state index contributed by atoms with van der Waals surface area (Å²) in [5.74, 6) is 2.31. The number of carboxylic acids is 1. The Morgan fingerprint density at radius 2 is 1.87 bits per heavy atom. The van der Waals surface area contributed by atoms with Gasteiger partial charge in [0.2, 0.25) is 0 Å². The van der Waals surface area contributed by atoms with Gasteiger partial charge in [-0.25, -0.2) is 0 Å². The van der Waals surface area contributed by atoms with Crippen molar-refractivity contribution in [3.8, 4) is 0 Å². The molecule has 4 fully saturated rings. The van der Waals surface area contributed by atoms with Crippen LogP contribution in [-0.4, -0.2) is 17.6 Å². The lowest BCUT2D eigenvalue weighted by Gasteiger charge is -2.60. The van der Waals surface area contributed by atoms with Gasteiger partial charge < -0.3 is 10.8 Å². The van der Waals surface area contributed by atoms with E-state index >= 15 is 0 Å². The van der Waals surface area contributed by atoms with E-state index in [1.54, 1.807) is 0 Å². The van der Waals surface area contributed by atoms with Gasteiger partial charge in [0, 0.05) is 0 Å². The van der Waals surface area contributed by atoms with E-state index in [-0.39, 0.29) is 11.3 Å². The Balaban J connectivity index is 1.65. The molecule has 23 heavy (non-hydrogen) atoms. The highest BCUT2D eigenvalue weighted by Gasteiger charge is 2.62. The summed E-state index contributed by atoms with van der Waals surface area (Å²) in [5, 5.41) is 9.73. The van der Waals surface area contributed by atoms with Crippen LogP contribution in [0.5, 0.6) is 0 Å². The quantitative estimate of drug-likeness (QED) is 0.807. The van der Waals surface area contributed by atoms with Crippen LogP contribution in [0.1, 0.15) is 71.1 Å². The van der Waals surface area contributed by atoms with Crippen LogP contribution in [0, 0.1) is 40.4 Å². The third-order valence-corrected chi connectivity index (χ3v) is 8.98. The fourth-order valence-electron chi connectivity index (χ4n) is 7.87. The minimum atomic E-state index is -0.589. The van der Waals surface area contributed by atoms with Crippen LogP contribution in [0.3, 0.4) is 0 Å². The van der Waals surface area contributed by atoms with Gasteiger partial charge in [0.05, 0.1) is 5.92 Å². The zero-order valence-corrected chi connectivity index (χ0v) is 14.6. The van der Waals surface area contributed by atoms with Crippen LogP contribution in [0.25, 0.3) is 0 Å². The van der Waals surface area contributed by atoms with Crippen LogP contribution in [0.2, 0.25) is 0 Å². The van der Waals surface area contributed by atoms with Gasteiger partial charge in [0.25, 0.3) is 0 Å². The van der Waals surface area contributed by atoms with Crippen LogP contribution < -0.4 is 5.73 Å². The Bertz CT molecular complexity index is 492. The van der Waals surface area contributed by atoms with Gasteiger partial charge in [0.1, 0.15) is 0 Å². The fourth-order valence-corrected chi connectivity index (χ4v) is 7.87. The van der Waals surface area contributed by atoms with Crippen LogP contribution in [0.15, 0.2) is 0 Å². The summed E-state index contributed by atoms with van der Waals surface area (Å²) in [7, 11) is 0. The molecule has 0 bridgehead atoms. The van der Waals surface area contributed by atoms with Crippen molar-refractivity contribution < 1.29 is 9.90 Å². The van der Waals surface area contributed by atoms with Crippen LogP contribution in [0.4, 0.5) is 0 Å². The first kappa shape index (κ1) is 15.9. The Morgan fingerprint density at radius 1 is 1.04 bits per heavy atom. The number of rotatable bonds is 2. The highest BCUT2D eigenvalue weighted by Crippen LogP contribution is 2.67. The van der Waals surface area contributed by atoms with E-state index in [1.807, 2.05) is 0 Å². The van der Waals surface area contributed by atoms with Gasteiger partial charge >= 0.3 is 5.97 Å². The molecule has 0 aliphatic heterocycles. The predicted octanol–water partition coefficient (Wildman–Crippen LogP) is 4.06. The molecule has 7 atom stereocenters. The van der Waals surface area contributed by atoms with E-state index in [0.29, 0.717) is 17.9 Å². The van der Waals surface area contributed by atoms with Crippen LogP contribution in [-0.2, 0) is 4.79 Å². The normalized spacial score (nSPS) is 52.3. The first-order valence-electron chi connectivity index (χ1n) is 9.96. The van der Waals surface area contributed by atoms with E-state index in [9.17, 15) is 9.90 Å². The monoisotopic (exact) mass is 319 g/mol. The summed E-state index contributed by atoms with van der Waals surface area (Å²) in [6.07, 6.45) is 12.7. The van der Waals surface area contributed by atoms with Crippen molar-refractivity contribution in [3.63, 3.8) is 0 Å². The molecule has 4 rings (SSSR count). The molecule has 3 heteroatoms. The van der Waals surface area contributed by atoms with Gasteiger partial charge in [-0.15, -0.1) is 0 Å². The number of aliphatic carboxylic acids is 1. The second kappa shape index (κ2) is 5.47. The number of hydrogen-bond donors (Lipinski definition) is 2. The molecule has 4 aliphatic rings. The van der Waals surface area contributed by atoms with Crippen molar-refractivity contribution in [2.75, 3.05) is 6.54 Å². The van der Waals surface area contributed by atoms with Crippen molar-refractivity contribution in [2.45, 2.75) is 71.1 Å². The van der Waals surface area contributed by atoms with E-state index in [1.165, 1.54) is 44.9 Å². The molecule has 0 heterocycles.